The molecule has 1 unspecified atom stereocenters. The van der Waals surface area contributed by atoms with Crippen LogP contribution in [-0.4, -0.2) is 18.2 Å². The predicted octanol–water partition coefficient (Wildman–Crippen LogP) is 2.82. The average molecular weight is 226 g/mol. The summed E-state index contributed by atoms with van der Waals surface area (Å²) in [6.07, 6.45) is 2.32. The Balaban J connectivity index is 2.31. The highest BCUT2D eigenvalue weighted by Gasteiger charge is 2.19. The molecule has 2 nitrogen and oxygen atoms in total. The SMILES string of the molecule is Cc1ccc(C2CCCNC2)c(Cl)c1O. The number of piperidine rings is 1. The first-order valence-electron chi connectivity index (χ1n) is 5.39. The molecule has 1 heterocycles. The molecule has 15 heavy (non-hydrogen) atoms. The Kier molecular flexibility index (Phi) is 3.17. The highest BCUT2D eigenvalue weighted by atomic mass is 35.5. The molecule has 1 aliphatic rings. The van der Waals surface area contributed by atoms with E-state index in [0.717, 1.165) is 30.6 Å². The summed E-state index contributed by atoms with van der Waals surface area (Å²) in [6.45, 7) is 3.91. The second kappa shape index (κ2) is 4.42. The Morgan fingerprint density at radius 2 is 2.27 bits per heavy atom. The van der Waals surface area contributed by atoms with E-state index in [9.17, 15) is 5.11 Å². The lowest BCUT2D eigenvalue weighted by atomic mass is 9.91. The summed E-state index contributed by atoms with van der Waals surface area (Å²) in [5.41, 5.74) is 1.92. The second-order valence-corrected chi connectivity index (χ2v) is 4.56. The van der Waals surface area contributed by atoms with Gasteiger partial charge in [0.2, 0.25) is 0 Å². The maximum Gasteiger partial charge on any atom is 0.137 e. The zero-order valence-electron chi connectivity index (χ0n) is 8.89. The number of benzene rings is 1. The van der Waals surface area contributed by atoms with Crippen molar-refractivity contribution >= 4 is 11.6 Å². The van der Waals surface area contributed by atoms with Crippen molar-refractivity contribution in [2.75, 3.05) is 13.1 Å². The number of hydrogen-bond donors (Lipinski definition) is 2. The molecule has 0 spiro atoms. The van der Waals surface area contributed by atoms with E-state index in [4.69, 9.17) is 11.6 Å². The summed E-state index contributed by atoms with van der Waals surface area (Å²) < 4.78 is 0. The molecule has 1 aromatic rings. The van der Waals surface area contributed by atoms with Crippen molar-refractivity contribution in [3.8, 4) is 5.75 Å². The molecule has 0 aliphatic carbocycles. The van der Waals surface area contributed by atoms with Crippen LogP contribution < -0.4 is 5.32 Å². The molecule has 3 heteroatoms. The van der Waals surface area contributed by atoms with Crippen LogP contribution in [0.5, 0.6) is 5.75 Å². The Bertz CT molecular complexity index is 359. The minimum atomic E-state index is 0.236. The lowest BCUT2D eigenvalue weighted by molar-refractivity contribution is 0.451. The molecule has 1 fully saturated rings. The Morgan fingerprint density at radius 1 is 1.47 bits per heavy atom. The van der Waals surface area contributed by atoms with E-state index < -0.39 is 0 Å². The molecule has 0 aromatic heterocycles. The molecule has 2 rings (SSSR count). The quantitative estimate of drug-likeness (QED) is 0.771. The van der Waals surface area contributed by atoms with Crippen LogP contribution in [0, 0.1) is 6.92 Å². The molecule has 0 bridgehead atoms. The monoisotopic (exact) mass is 225 g/mol. The van der Waals surface area contributed by atoms with Gasteiger partial charge in [-0.2, -0.15) is 0 Å². The van der Waals surface area contributed by atoms with E-state index >= 15 is 0 Å². The molecule has 0 amide bonds. The number of rotatable bonds is 1. The topological polar surface area (TPSA) is 32.3 Å². The number of halogens is 1. The molecule has 0 saturated carbocycles. The standard InChI is InChI=1S/C12H16ClNO/c1-8-4-5-10(11(13)12(8)15)9-3-2-6-14-7-9/h4-5,9,14-15H,2-3,6-7H2,1H3. The number of aromatic hydroxyl groups is 1. The predicted molar refractivity (Wildman–Crippen MR) is 62.7 cm³/mol. The van der Waals surface area contributed by atoms with Gasteiger partial charge in [-0.15, -0.1) is 0 Å². The summed E-state index contributed by atoms with van der Waals surface area (Å²) >= 11 is 6.15. The van der Waals surface area contributed by atoms with Gasteiger partial charge in [0.15, 0.2) is 0 Å². The first kappa shape index (κ1) is 10.8. The smallest absolute Gasteiger partial charge is 0.137 e. The van der Waals surface area contributed by atoms with Crippen molar-refractivity contribution in [3.05, 3.63) is 28.3 Å². The van der Waals surface area contributed by atoms with Gasteiger partial charge in [-0.05, 0) is 43.4 Å². The van der Waals surface area contributed by atoms with Crippen molar-refractivity contribution in [2.24, 2.45) is 0 Å². The molecule has 1 aromatic carbocycles. The largest absolute Gasteiger partial charge is 0.506 e. The van der Waals surface area contributed by atoms with E-state index in [1.165, 1.54) is 6.42 Å². The number of hydrogen-bond acceptors (Lipinski definition) is 2. The Hall–Kier alpha value is -0.730. The minimum absolute atomic E-state index is 0.236. The molecule has 82 valence electrons. The summed E-state index contributed by atoms with van der Waals surface area (Å²) in [7, 11) is 0. The normalized spacial score (nSPS) is 21.6. The first-order chi connectivity index (χ1) is 7.20. The van der Waals surface area contributed by atoms with Crippen molar-refractivity contribution in [1.82, 2.24) is 5.32 Å². The van der Waals surface area contributed by atoms with Gasteiger partial charge in [-0.25, -0.2) is 0 Å². The zero-order chi connectivity index (χ0) is 10.8. The van der Waals surface area contributed by atoms with Gasteiger partial charge in [0.25, 0.3) is 0 Å². The van der Waals surface area contributed by atoms with Crippen LogP contribution in [0.25, 0.3) is 0 Å². The minimum Gasteiger partial charge on any atom is -0.506 e. The van der Waals surface area contributed by atoms with E-state index in [0.29, 0.717) is 10.9 Å². The van der Waals surface area contributed by atoms with E-state index in [-0.39, 0.29) is 5.75 Å². The van der Waals surface area contributed by atoms with Gasteiger partial charge in [0, 0.05) is 6.54 Å². The summed E-state index contributed by atoms with van der Waals surface area (Å²) in [4.78, 5) is 0. The van der Waals surface area contributed by atoms with Gasteiger partial charge in [0.05, 0.1) is 5.02 Å². The third-order valence-corrected chi connectivity index (χ3v) is 3.48. The highest BCUT2D eigenvalue weighted by molar-refractivity contribution is 6.33. The van der Waals surface area contributed by atoms with Crippen LogP contribution in [0.4, 0.5) is 0 Å². The van der Waals surface area contributed by atoms with Gasteiger partial charge < -0.3 is 10.4 Å². The van der Waals surface area contributed by atoms with Crippen molar-refractivity contribution in [2.45, 2.75) is 25.7 Å². The lowest BCUT2D eigenvalue weighted by Gasteiger charge is -2.24. The number of aryl methyl sites for hydroxylation is 1. The van der Waals surface area contributed by atoms with Crippen molar-refractivity contribution in [1.29, 1.82) is 0 Å². The fraction of sp³-hybridized carbons (Fsp3) is 0.500. The molecule has 1 saturated heterocycles. The van der Waals surface area contributed by atoms with Gasteiger partial charge in [-0.1, -0.05) is 23.7 Å². The van der Waals surface area contributed by atoms with Gasteiger partial charge in [0.1, 0.15) is 5.75 Å². The van der Waals surface area contributed by atoms with E-state index in [1.54, 1.807) is 0 Å². The van der Waals surface area contributed by atoms with Crippen LogP contribution in [0.3, 0.4) is 0 Å². The maximum absolute atomic E-state index is 9.77. The molecule has 2 N–H and O–H groups in total. The van der Waals surface area contributed by atoms with Gasteiger partial charge >= 0.3 is 0 Å². The zero-order valence-corrected chi connectivity index (χ0v) is 9.64. The van der Waals surface area contributed by atoms with E-state index in [2.05, 4.69) is 5.32 Å². The number of nitrogens with one attached hydrogen (secondary N) is 1. The third kappa shape index (κ3) is 2.11. The molecular formula is C12H16ClNO. The molecule has 1 atom stereocenters. The van der Waals surface area contributed by atoms with Crippen molar-refractivity contribution < 1.29 is 5.11 Å². The van der Waals surface area contributed by atoms with Crippen LogP contribution >= 0.6 is 11.6 Å². The second-order valence-electron chi connectivity index (χ2n) is 4.18. The lowest BCUT2D eigenvalue weighted by Crippen LogP contribution is -2.28. The summed E-state index contributed by atoms with van der Waals surface area (Å²) in [5, 5.41) is 13.7. The number of phenols is 1. The molecule has 0 radical (unpaired) electrons. The van der Waals surface area contributed by atoms with Gasteiger partial charge in [-0.3, -0.25) is 0 Å². The highest BCUT2D eigenvalue weighted by Crippen LogP contribution is 2.36. The van der Waals surface area contributed by atoms with Crippen LogP contribution in [0.1, 0.15) is 29.9 Å². The first-order valence-corrected chi connectivity index (χ1v) is 5.76. The maximum atomic E-state index is 9.77. The Labute approximate surface area is 95.3 Å². The van der Waals surface area contributed by atoms with Crippen LogP contribution in [0.15, 0.2) is 12.1 Å². The molecular weight excluding hydrogens is 210 g/mol. The number of phenolic OH excluding ortho intramolecular Hbond substituents is 1. The van der Waals surface area contributed by atoms with Crippen LogP contribution in [0.2, 0.25) is 5.02 Å². The van der Waals surface area contributed by atoms with E-state index in [1.807, 2.05) is 19.1 Å². The third-order valence-electron chi connectivity index (χ3n) is 3.08. The fourth-order valence-electron chi connectivity index (χ4n) is 2.11. The van der Waals surface area contributed by atoms with Crippen LogP contribution in [-0.2, 0) is 0 Å². The average Bonchev–Trinajstić information content (AvgIpc) is 2.27. The van der Waals surface area contributed by atoms with Crippen molar-refractivity contribution in [3.63, 3.8) is 0 Å². The molecule has 1 aliphatic heterocycles. The Morgan fingerprint density at radius 3 is 2.93 bits per heavy atom. The fourth-order valence-corrected chi connectivity index (χ4v) is 2.48. The summed E-state index contributed by atoms with van der Waals surface area (Å²) in [5.74, 6) is 0.678. The summed E-state index contributed by atoms with van der Waals surface area (Å²) in [6, 6.07) is 3.97.